The summed E-state index contributed by atoms with van der Waals surface area (Å²) in [6, 6.07) is 7.99. The number of benzene rings is 1. The molecule has 1 heterocycles. The molecule has 0 amide bonds. The van der Waals surface area contributed by atoms with Crippen LogP contribution in [0.4, 0.5) is 4.79 Å². The summed E-state index contributed by atoms with van der Waals surface area (Å²) in [5.41, 5.74) is -8.59. The van der Waals surface area contributed by atoms with Crippen LogP contribution < -0.4 is 0 Å². The second-order valence-corrected chi connectivity index (χ2v) is 13.4. The van der Waals surface area contributed by atoms with Gasteiger partial charge in [-0.15, -0.1) is 0 Å². The van der Waals surface area contributed by atoms with E-state index in [1.807, 2.05) is 0 Å². The van der Waals surface area contributed by atoms with Gasteiger partial charge in [0.1, 0.15) is 17.8 Å². The Hall–Kier alpha value is -3.36. The van der Waals surface area contributed by atoms with Gasteiger partial charge in [0.25, 0.3) is 0 Å². The van der Waals surface area contributed by atoms with Gasteiger partial charge in [-0.2, -0.15) is 0 Å². The van der Waals surface area contributed by atoms with Gasteiger partial charge in [0.15, 0.2) is 17.5 Å². The van der Waals surface area contributed by atoms with Gasteiger partial charge >= 0.3 is 18.1 Å². The van der Waals surface area contributed by atoms with Crippen molar-refractivity contribution in [2.45, 2.75) is 95.6 Å². The van der Waals surface area contributed by atoms with E-state index in [0.29, 0.717) is 0 Å². The Balaban J connectivity index is 0.00000235. The first kappa shape index (κ1) is 35.5. The summed E-state index contributed by atoms with van der Waals surface area (Å²) in [4.78, 5) is 54.0. The van der Waals surface area contributed by atoms with Crippen molar-refractivity contribution in [3.05, 3.63) is 47.0 Å². The number of carbonyl (C=O) groups excluding carboxylic acids is 4. The lowest BCUT2D eigenvalue weighted by Gasteiger charge is -2.67. The molecule has 1 unspecified atom stereocenters. The monoisotopic (exact) mass is 648 g/mol. The summed E-state index contributed by atoms with van der Waals surface area (Å²) in [6.45, 7) is 8.52. The minimum absolute atomic E-state index is 0.124. The van der Waals surface area contributed by atoms with Gasteiger partial charge in [0.05, 0.1) is 42.3 Å². The second kappa shape index (κ2) is 12.0. The molecular weight excluding hydrogens is 604 g/mol. The Morgan fingerprint density at radius 2 is 1.61 bits per heavy atom. The third kappa shape index (κ3) is 5.03. The van der Waals surface area contributed by atoms with E-state index in [2.05, 4.69) is 0 Å². The second-order valence-electron chi connectivity index (χ2n) is 13.4. The fraction of sp³-hybridized carbons (Fsp3) is 0.636. The first-order valence-corrected chi connectivity index (χ1v) is 15.0. The number of rotatable bonds is 4. The minimum atomic E-state index is -2.19. The number of hydrogen-bond acceptors (Lipinski definition) is 13. The smallest absolute Gasteiger partial charge is 0.455 e. The van der Waals surface area contributed by atoms with E-state index < -0.39 is 88.3 Å². The number of carbonyl (C=O) groups is 4. The average molecular weight is 649 g/mol. The predicted octanol–water partition coefficient (Wildman–Crippen LogP) is 1.87. The lowest BCUT2D eigenvalue weighted by atomic mass is 9.44. The summed E-state index contributed by atoms with van der Waals surface area (Å²) in [5, 5.41) is 43.6. The maximum atomic E-state index is 14.9. The van der Waals surface area contributed by atoms with Gasteiger partial charge < -0.3 is 44.1 Å². The van der Waals surface area contributed by atoms with E-state index in [9.17, 15) is 34.5 Å². The molecule has 0 aromatic heterocycles. The number of aliphatic hydroxyl groups is 4. The molecule has 2 saturated carbocycles. The largest absolute Gasteiger partial charge is 0.508 e. The van der Waals surface area contributed by atoms with Crippen LogP contribution in [0.3, 0.4) is 0 Å². The molecule has 9 atom stereocenters. The highest BCUT2D eigenvalue weighted by Crippen LogP contribution is 2.65. The number of esters is 2. The average Bonchev–Trinajstić information content (AvgIpc) is 3.00. The van der Waals surface area contributed by atoms with Crippen LogP contribution in [0, 0.1) is 16.7 Å². The highest BCUT2D eigenvalue weighted by Gasteiger charge is 2.79. The summed E-state index contributed by atoms with van der Waals surface area (Å²) in [5.74, 6) is -3.90. The van der Waals surface area contributed by atoms with Crippen LogP contribution in [0.1, 0.15) is 64.7 Å². The van der Waals surface area contributed by atoms with Crippen LogP contribution in [-0.2, 0) is 33.3 Å². The highest BCUT2D eigenvalue weighted by molar-refractivity contribution is 5.95. The minimum Gasteiger partial charge on any atom is -0.455 e. The molecule has 1 aromatic carbocycles. The molecule has 3 fully saturated rings. The van der Waals surface area contributed by atoms with Gasteiger partial charge in [-0.25, -0.2) is 9.59 Å². The summed E-state index contributed by atoms with van der Waals surface area (Å²) in [6.07, 6.45) is -7.46. The van der Waals surface area contributed by atoms with Crippen LogP contribution in [-0.4, -0.2) is 106 Å². The maximum absolute atomic E-state index is 14.9. The molecule has 3 aliphatic carbocycles. The van der Waals surface area contributed by atoms with Crippen LogP contribution >= 0.6 is 0 Å². The van der Waals surface area contributed by atoms with Crippen molar-refractivity contribution in [2.24, 2.45) is 16.7 Å². The van der Waals surface area contributed by atoms with Crippen molar-refractivity contribution in [3.8, 4) is 0 Å². The van der Waals surface area contributed by atoms with Crippen LogP contribution in [0.25, 0.3) is 0 Å². The molecule has 1 saturated heterocycles. The molecule has 1 aromatic rings. The zero-order valence-corrected chi connectivity index (χ0v) is 27.4. The molecule has 5 rings (SSSR count). The summed E-state index contributed by atoms with van der Waals surface area (Å²) in [7, 11) is 2.10. The van der Waals surface area contributed by atoms with Gasteiger partial charge in [-0.1, -0.05) is 32.0 Å². The predicted molar refractivity (Wildman–Crippen MR) is 159 cm³/mol. The van der Waals surface area contributed by atoms with E-state index in [1.54, 1.807) is 39.0 Å². The first-order valence-electron chi connectivity index (χ1n) is 15.0. The normalized spacial score (nSPS) is 39.0. The maximum Gasteiger partial charge on any atom is 0.508 e. The Kier molecular flexibility index (Phi) is 9.27. The fourth-order valence-corrected chi connectivity index (χ4v) is 8.07. The quantitative estimate of drug-likeness (QED) is 0.210. The third-order valence-corrected chi connectivity index (χ3v) is 10.7. The third-order valence-electron chi connectivity index (χ3n) is 10.7. The topological polar surface area (TPSA) is 195 Å². The van der Waals surface area contributed by atoms with Gasteiger partial charge in [-0.05, 0) is 44.1 Å². The molecule has 46 heavy (non-hydrogen) atoms. The number of Topliss-reactive ketones (excluding diaryl/α,β-unsaturated/α-hetero) is 1. The number of fused-ring (bicyclic) bond motifs is 5. The SMILES string of the molecule is CO.COC(=O)O[C@@]12CO[C@@H]1C[C@H](O)[C@@]1(C)C(=O)[C@H](OC(C)=O)C3=C(C)[C@](C)(O)C[C@@](O)([C@@H](OC(=O)c4ccccc4)C12)C3(C)C. The first-order chi connectivity index (χ1) is 21.4. The summed E-state index contributed by atoms with van der Waals surface area (Å²) >= 11 is 0. The molecule has 0 spiro atoms. The van der Waals surface area contributed by atoms with E-state index in [4.69, 9.17) is 28.8 Å². The van der Waals surface area contributed by atoms with Crippen molar-refractivity contribution in [2.75, 3.05) is 20.8 Å². The number of ketones is 1. The number of hydrogen-bond donors (Lipinski definition) is 4. The number of methoxy groups -OCH3 is 1. The number of ether oxygens (including phenoxy) is 5. The molecule has 254 valence electrons. The summed E-state index contributed by atoms with van der Waals surface area (Å²) < 4.78 is 28.4. The zero-order valence-electron chi connectivity index (χ0n) is 27.4. The molecular formula is C33H44O13. The molecule has 0 radical (unpaired) electrons. The fourth-order valence-electron chi connectivity index (χ4n) is 8.07. The Morgan fingerprint density at radius 1 is 1.00 bits per heavy atom. The van der Waals surface area contributed by atoms with Crippen molar-refractivity contribution >= 4 is 23.9 Å². The molecule has 4 N–H and O–H groups in total. The molecule has 4 aliphatic rings. The van der Waals surface area contributed by atoms with Crippen molar-refractivity contribution in [3.63, 3.8) is 0 Å². The Bertz CT molecular complexity index is 1420. The van der Waals surface area contributed by atoms with Gasteiger partial charge in [0, 0.05) is 32.3 Å². The lowest BCUT2D eigenvalue weighted by Crippen LogP contribution is -2.82. The Morgan fingerprint density at radius 3 is 2.13 bits per heavy atom. The van der Waals surface area contributed by atoms with Crippen molar-refractivity contribution < 1.29 is 63.3 Å². The highest BCUT2D eigenvalue weighted by atomic mass is 16.8. The van der Waals surface area contributed by atoms with E-state index in [1.165, 1.54) is 26.0 Å². The van der Waals surface area contributed by atoms with Crippen molar-refractivity contribution in [1.82, 2.24) is 0 Å². The van der Waals surface area contributed by atoms with Crippen molar-refractivity contribution in [1.29, 1.82) is 0 Å². The van der Waals surface area contributed by atoms with Gasteiger partial charge in [-0.3, -0.25) is 9.59 Å². The molecule has 2 bridgehead atoms. The lowest BCUT2D eigenvalue weighted by molar-refractivity contribution is -0.345. The van der Waals surface area contributed by atoms with Crippen LogP contribution in [0.5, 0.6) is 0 Å². The van der Waals surface area contributed by atoms with E-state index in [0.717, 1.165) is 21.1 Å². The number of aliphatic hydroxyl groups excluding tert-OH is 2. The molecule has 1 aliphatic heterocycles. The van der Waals surface area contributed by atoms with Crippen LogP contribution in [0.2, 0.25) is 0 Å². The molecule has 13 heteroatoms. The van der Waals surface area contributed by atoms with Gasteiger partial charge in [0.2, 0.25) is 0 Å². The standard InChI is InChI=1S/C32H40O12.CH4O/c1-16-21-22(42-17(2)33)24(35)30(6)19(34)13-20-31(15-41-20,44-27(37)40-7)23(30)25(43-26(36)18-11-9-8-10-12-18)32(39,28(21,3)4)14-29(16,5)38;1-2/h8-12,19-20,22-23,25,34,38-39H,13-15H2,1-7H3;2H,1H3/t19-,20+,22+,23?,25-,29+,30+,31-,32+;/m0./s1. The van der Waals surface area contributed by atoms with E-state index in [-0.39, 0.29) is 29.7 Å². The zero-order chi connectivity index (χ0) is 34.6. The Labute approximate surface area is 267 Å². The molecule has 13 nitrogen and oxygen atoms in total. The van der Waals surface area contributed by atoms with Crippen LogP contribution in [0.15, 0.2) is 41.5 Å². The van der Waals surface area contributed by atoms with E-state index >= 15 is 0 Å².